The van der Waals surface area contributed by atoms with E-state index in [9.17, 15) is 29.7 Å². The molecule has 9 nitrogen and oxygen atoms in total. The van der Waals surface area contributed by atoms with E-state index in [1.54, 1.807) is 6.07 Å². The van der Waals surface area contributed by atoms with Crippen molar-refractivity contribution < 1.29 is 34.8 Å². The highest BCUT2D eigenvalue weighted by Crippen LogP contribution is 2.25. The van der Waals surface area contributed by atoms with Gasteiger partial charge in [-0.25, -0.2) is 0 Å². The first-order chi connectivity index (χ1) is 13.0. The van der Waals surface area contributed by atoms with Crippen LogP contribution in [0.1, 0.15) is 32.8 Å². The number of hydrogen-bond acceptors (Lipinski definition) is 6. The minimum Gasteiger partial charge on any atom is -0.504 e. The quantitative estimate of drug-likeness (QED) is 0.348. The lowest BCUT2D eigenvalue weighted by molar-refractivity contribution is -0.146. The van der Waals surface area contributed by atoms with Crippen molar-refractivity contribution in [2.24, 2.45) is 5.92 Å². The van der Waals surface area contributed by atoms with Crippen LogP contribution in [-0.4, -0.2) is 68.3 Å². The number of carboxylic acids is 2. The molecule has 0 bridgehead atoms. The van der Waals surface area contributed by atoms with E-state index in [1.165, 1.54) is 19.1 Å². The molecular weight excluding hydrogens is 368 g/mol. The minimum absolute atomic E-state index is 0.0588. The fourth-order valence-corrected chi connectivity index (χ4v) is 2.78. The van der Waals surface area contributed by atoms with Gasteiger partial charge in [-0.05, 0) is 43.4 Å². The van der Waals surface area contributed by atoms with E-state index in [0.29, 0.717) is 12.0 Å². The van der Waals surface area contributed by atoms with Crippen molar-refractivity contribution in [3.05, 3.63) is 23.8 Å². The second-order valence-electron chi connectivity index (χ2n) is 7.14. The third-order valence-corrected chi connectivity index (χ3v) is 4.17. The van der Waals surface area contributed by atoms with E-state index in [0.717, 1.165) is 4.90 Å². The Balaban J connectivity index is 2.83. The molecule has 2 atom stereocenters. The molecule has 0 saturated carbocycles. The summed E-state index contributed by atoms with van der Waals surface area (Å²) in [4.78, 5) is 36.3. The fraction of sp³-hybridized carbons (Fsp3) is 0.526. The topological polar surface area (TPSA) is 147 Å². The van der Waals surface area contributed by atoms with Crippen LogP contribution in [0.15, 0.2) is 18.2 Å². The lowest BCUT2D eigenvalue weighted by atomic mass is 10.0. The molecule has 0 saturated heterocycles. The Morgan fingerprint density at radius 1 is 1.07 bits per heavy atom. The molecule has 0 unspecified atom stereocenters. The van der Waals surface area contributed by atoms with Gasteiger partial charge in [0.1, 0.15) is 12.6 Å². The molecule has 1 aromatic carbocycles. The molecule has 0 aliphatic heterocycles. The summed E-state index contributed by atoms with van der Waals surface area (Å²) in [5.74, 6) is -3.26. The predicted molar refractivity (Wildman–Crippen MR) is 101 cm³/mol. The molecule has 1 aromatic rings. The molecule has 0 spiro atoms. The van der Waals surface area contributed by atoms with Gasteiger partial charge in [-0.1, -0.05) is 19.9 Å². The summed E-state index contributed by atoms with van der Waals surface area (Å²) in [5.41, 5.74) is 0.613. The number of benzene rings is 1. The van der Waals surface area contributed by atoms with Gasteiger partial charge in [0.05, 0.1) is 6.04 Å². The predicted octanol–water partition coefficient (Wildman–Crippen LogP) is 1.03. The summed E-state index contributed by atoms with van der Waals surface area (Å²) in [5, 5.41) is 40.1. The Kier molecular flexibility index (Phi) is 8.72. The van der Waals surface area contributed by atoms with Gasteiger partial charge in [0.2, 0.25) is 5.91 Å². The molecule has 0 aliphatic carbocycles. The smallest absolute Gasteiger partial charge is 0.323 e. The maximum atomic E-state index is 12.7. The van der Waals surface area contributed by atoms with Crippen LogP contribution in [0, 0.1) is 5.92 Å². The molecular formula is C19H28N2O7. The number of carbonyl (C=O) groups excluding carboxylic acids is 1. The van der Waals surface area contributed by atoms with Crippen LogP contribution in [-0.2, 0) is 20.8 Å². The zero-order valence-electron chi connectivity index (χ0n) is 16.3. The number of nitrogens with zero attached hydrogens (tertiary/aromatic N) is 1. The largest absolute Gasteiger partial charge is 0.504 e. The SMILES string of the molecule is CC(C)C[C@H](N[C@@H](C)C(=O)N(CCc1ccc(O)c(O)c1)CC(=O)O)C(=O)O. The molecule has 0 fully saturated rings. The zero-order chi connectivity index (χ0) is 21.4. The number of hydrogen-bond donors (Lipinski definition) is 5. The molecule has 28 heavy (non-hydrogen) atoms. The van der Waals surface area contributed by atoms with Crippen molar-refractivity contribution in [1.82, 2.24) is 10.2 Å². The summed E-state index contributed by atoms with van der Waals surface area (Å²) in [7, 11) is 0. The highest BCUT2D eigenvalue weighted by atomic mass is 16.4. The molecule has 1 amide bonds. The third kappa shape index (κ3) is 7.43. The van der Waals surface area contributed by atoms with Gasteiger partial charge in [0.25, 0.3) is 0 Å². The highest BCUT2D eigenvalue weighted by Gasteiger charge is 2.27. The van der Waals surface area contributed by atoms with E-state index in [-0.39, 0.29) is 30.4 Å². The van der Waals surface area contributed by atoms with E-state index in [2.05, 4.69) is 5.32 Å². The lowest BCUT2D eigenvalue weighted by Crippen LogP contribution is -2.52. The van der Waals surface area contributed by atoms with E-state index >= 15 is 0 Å². The van der Waals surface area contributed by atoms with Gasteiger partial charge >= 0.3 is 11.9 Å². The van der Waals surface area contributed by atoms with Gasteiger partial charge in [0, 0.05) is 6.54 Å². The van der Waals surface area contributed by atoms with Crippen LogP contribution < -0.4 is 5.32 Å². The number of phenolic OH excluding ortho intramolecular Hbond substituents is 2. The number of carboxylic acid groups (broad SMARTS) is 2. The van der Waals surface area contributed by atoms with Crippen LogP contribution in [0.4, 0.5) is 0 Å². The monoisotopic (exact) mass is 396 g/mol. The Morgan fingerprint density at radius 3 is 2.21 bits per heavy atom. The number of amides is 1. The van der Waals surface area contributed by atoms with Crippen LogP contribution in [0.2, 0.25) is 0 Å². The standard InChI is InChI=1S/C19H28N2O7/c1-11(2)8-14(19(27)28)20-12(3)18(26)21(10-17(24)25)7-6-13-4-5-15(22)16(23)9-13/h4-5,9,11-12,14,20,22-23H,6-8,10H2,1-3H3,(H,24,25)(H,27,28)/t12-,14-/m0/s1. The number of aromatic hydroxyl groups is 2. The Bertz CT molecular complexity index is 706. The lowest BCUT2D eigenvalue weighted by Gasteiger charge is -2.27. The van der Waals surface area contributed by atoms with E-state index < -0.39 is 36.5 Å². The first-order valence-electron chi connectivity index (χ1n) is 9.01. The van der Waals surface area contributed by atoms with Gasteiger partial charge in [0.15, 0.2) is 11.5 Å². The molecule has 0 radical (unpaired) electrons. The Morgan fingerprint density at radius 2 is 1.71 bits per heavy atom. The second kappa shape index (κ2) is 10.5. The summed E-state index contributed by atoms with van der Waals surface area (Å²) in [6.45, 7) is 4.77. The number of carbonyl (C=O) groups is 3. The maximum Gasteiger partial charge on any atom is 0.323 e. The molecule has 0 heterocycles. The van der Waals surface area contributed by atoms with Crippen LogP contribution >= 0.6 is 0 Å². The van der Waals surface area contributed by atoms with Crippen molar-refractivity contribution in [3.63, 3.8) is 0 Å². The minimum atomic E-state index is -1.19. The van der Waals surface area contributed by atoms with Crippen molar-refractivity contribution in [2.45, 2.75) is 45.7 Å². The van der Waals surface area contributed by atoms with Crippen molar-refractivity contribution in [3.8, 4) is 11.5 Å². The molecule has 156 valence electrons. The van der Waals surface area contributed by atoms with Crippen molar-refractivity contribution >= 4 is 17.8 Å². The van der Waals surface area contributed by atoms with Gasteiger partial charge in [-0.2, -0.15) is 0 Å². The maximum absolute atomic E-state index is 12.7. The highest BCUT2D eigenvalue weighted by molar-refractivity contribution is 5.86. The number of nitrogens with one attached hydrogen (secondary N) is 1. The average Bonchev–Trinajstić information content (AvgIpc) is 2.59. The fourth-order valence-electron chi connectivity index (χ4n) is 2.78. The van der Waals surface area contributed by atoms with Crippen molar-refractivity contribution in [1.29, 1.82) is 0 Å². The number of aliphatic carboxylic acids is 2. The van der Waals surface area contributed by atoms with Gasteiger partial charge < -0.3 is 25.3 Å². The third-order valence-electron chi connectivity index (χ3n) is 4.17. The number of rotatable bonds is 11. The first-order valence-corrected chi connectivity index (χ1v) is 9.01. The molecule has 1 rings (SSSR count). The summed E-state index contributed by atoms with van der Waals surface area (Å²) >= 11 is 0. The van der Waals surface area contributed by atoms with Crippen LogP contribution in [0.5, 0.6) is 11.5 Å². The Labute approximate surface area is 163 Å². The zero-order valence-corrected chi connectivity index (χ0v) is 16.3. The average molecular weight is 396 g/mol. The van der Waals surface area contributed by atoms with Crippen molar-refractivity contribution in [2.75, 3.05) is 13.1 Å². The second-order valence-corrected chi connectivity index (χ2v) is 7.14. The first kappa shape index (κ1) is 23.2. The van der Waals surface area contributed by atoms with E-state index in [1.807, 2.05) is 13.8 Å². The van der Waals surface area contributed by atoms with Crippen LogP contribution in [0.25, 0.3) is 0 Å². The summed E-state index contributed by atoms with van der Waals surface area (Å²) in [6.07, 6.45) is 0.590. The summed E-state index contributed by atoms with van der Waals surface area (Å²) < 4.78 is 0. The van der Waals surface area contributed by atoms with E-state index in [4.69, 9.17) is 5.11 Å². The van der Waals surface area contributed by atoms with Gasteiger partial charge in [-0.15, -0.1) is 0 Å². The molecule has 0 aromatic heterocycles. The molecule has 9 heteroatoms. The molecule has 5 N–H and O–H groups in total. The van der Waals surface area contributed by atoms with Gasteiger partial charge in [-0.3, -0.25) is 19.7 Å². The number of phenols is 2. The summed E-state index contributed by atoms with van der Waals surface area (Å²) in [6, 6.07) is 2.40. The molecule has 0 aliphatic rings. The Hall–Kier alpha value is -2.81. The normalized spacial score (nSPS) is 13.1. The van der Waals surface area contributed by atoms with Crippen LogP contribution in [0.3, 0.4) is 0 Å².